The minimum Gasteiger partial charge on any atom is -0.497 e. The average Bonchev–Trinajstić information content (AvgIpc) is 3.23. The summed E-state index contributed by atoms with van der Waals surface area (Å²) in [7, 11) is 1.63. The van der Waals surface area contributed by atoms with Crippen LogP contribution in [0.25, 0.3) is 0 Å². The number of amides is 2. The van der Waals surface area contributed by atoms with Gasteiger partial charge >= 0.3 is 0 Å². The number of hydrogen-bond acceptors (Lipinski definition) is 5. The maximum absolute atomic E-state index is 12.8. The highest BCUT2D eigenvalue weighted by atomic mass is 32.1. The molecule has 1 saturated heterocycles. The molecule has 1 N–H and O–H groups in total. The third-order valence-electron chi connectivity index (χ3n) is 4.00. The minimum absolute atomic E-state index is 0.0264. The summed E-state index contributed by atoms with van der Waals surface area (Å²) in [5.41, 5.74) is 1.44. The Kier molecular flexibility index (Phi) is 4.80. The molecular weight excluding hydrogens is 326 g/mol. The van der Waals surface area contributed by atoms with Gasteiger partial charge in [-0.25, -0.2) is 4.98 Å². The zero-order valence-electron chi connectivity index (χ0n) is 13.6. The van der Waals surface area contributed by atoms with E-state index >= 15 is 0 Å². The van der Waals surface area contributed by atoms with E-state index in [1.807, 2.05) is 29.2 Å². The van der Waals surface area contributed by atoms with Gasteiger partial charge in [0.05, 0.1) is 13.2 Å². The van der Waals surface area contributed by atoms with Gasteiger partial charge in [-0.3, -0.25) is 9.59 Å². The number of nitrogens with zero attached hydrogens (tertiary/aromatic N) is 2. The summed E-state index contributed by atoms with van der Waals surface area (Å²) in [6.07, 6.45) is 1.87. The molecule has 2 aromatic rings. The second-order valence-corrected chi connectivity index (χ2v) is 6.51. The molecule has 2 amide bonds. The molecule has 126 valence electrons. The van der Waals surface area contributed by atoms with Crippen molar-refractivity contribution in [2.45, 2.75) is 25.8 Å². The average molecular weight is 345 g/mol. The Bertz CT molecular complexity index is 759. The lowest BCUT2D eigenvalue weighted by molar-refractivity contribution is -0.114. The van der Waals surface area contributed by atoms with E-state index in [2.05, 4.69) is 10.3 Å². The van der Waals surface area contributed by atoms with E-state index in [9.17, 15) is 9.59 Å². The van der Waals surface area contributed by atoms with Gasteiger partial charge < -0.3 is 15.0 Å². The van der Waals surface area contributed by atoms with Gasteiger partial charge in [-0.1, -0.05) is 12.1 Å². The first-order valence-corrected chi connectivity index (χ1v) is 8.64. The van der Waals surface area contributed by atoms with Crippen LogP contribution in [0.3, 0.4) is 0 Å². The molecular formula is C17H19N3O3S. The lowest BCUT2D eigenvalue weighted by Crippen LogP contribution is -2.30. The quantitative estimate of drug-likeness (QED) is 0.924. The normalized spacial score (nSPS) is 16.9. The number of ether oxygens (including phenoxy) is 1. The Balaban J connectivity index is 1.80. The van der Waals surface area contributed by atoms with E-state index in [-0.39, 0.29) is 17.9 Å². The van der Waals surface area contributed by atoms with Crippen molar-refractivity contribution < 1.29 is 14.3 Å². The molecule has 1 fully saturated rings. The van der Waals surface area contributed by atoms with Crippen LogP contribution in [0, 0.1) is 0 Å². The molecule has 0 radical (unpaired) electrons. The summed E-state index contributed by atoms with van der Waals surface area (Å²) in [4.78, 5) is 30.0. The summed E-state index contributed by atoms with van der Waals surface area (Å²) in [5.74, 6) is 0.486. The van der Waals surface area contributed by atoms with Crippen LogP contribution in [0.4, 0.5) is 5.13 Å². The molecule has 1 atom stereocenters. The lowest BCUT2D eigenvalue weighted by Gasteiger charge is -2.24. The van der Waals surface area contributed by atoms with Crippen LogP contribution in [0.15, 0.2) is 29.6 Å². The highest BCUT2D eigenvalue weighted by Gasteiger charge is 2.32. The molecule has 6 nitrogen and oxygen atoms in total. The maximum Gasteiger partial charge on any atom is 0.273 e. The van der Waals surface area contributed by atoms with Gasteiger partial charge in [-0.2, -0.15) is 0 Å². The van der Waals surface area contributed by atoms with E-state index in [4.69, 9.17) is 4.74 Å². The van der Waals surface area contributed by atoms with Gasteiger partial charge in [0.25, 0.3) is 5.91 Å². The second-order valence-electron chi connectivity index (χ2n) is 5.65. The van der Waals surface area contributed by atoms with E-state index in [1.54, 1.807) is 12.5 Å². The van der Waals surface area contributed by atoms with Gasteiger partial charge in [0.15, 0.2) is 5.13 Å². The van der Waals surface area contributed by atoms with Crippen LogP contribution in [-0.4, -0.2) is 35.4 Å². The number of likely N-dealkylation sites (tertiary alicyclic amines) is 1. The van der Waals surface area contributed by atoms with Crippen molar-refractivity contribution in [3.05, 3.63) is 40.9 Å². The maximum atomic E-state index is 12.8. The first-order valence-electron chi connectivity index (χ1n) is 7.76. The van der Waals surface area contributed by atoms with Gasteiger partial charge in [0, 0.05) is 18.8 Å². The number of hydrogen-bond donors (Lipinski definition) is 1. The Morgan fingerprint density at radius 2 is 2.25 bits per heavy atom. The summed E-state index contributed by atoms with van der Waals surface area (Å²) in [6, 6.07) is 7.85. The van der Waals surface area contributed by atoms with Crippen LogP contribution >= 0.6 is 11.3 Å². The van der Waals surface area contributed by atoms with Crippen molar-refractivity contribution in [1.29, 1.82) is 0 Å². The molecule has 1 aromatic heterocycles. The van der Waals surface area contributed by atoms with Crippen molar-refractivity contribution in [1.82, 2.24) is 9.88 Å². The summed E-state index contributed by atoms with van der Waals surface area (Å²) in [6.45, 7) is 2.12. The summed E-state index contributed by atoms with van der Waals surface area (Å²) >= 11 is 1.26. The first kappa shape index (κ1) is 16.4. The molecule has 0 spiro atoms. The fourth-order valence-corrected chi connectivity index (χ4v) is 3.66. The molecule has 2 heterocycles. The van der Waals surface area contributed by atoms with Crippen LogP contribution in [0.2, 0.25) is 0 Å². The van der Waals surface area contributed by atoms with Gasteiger partial charge in [-0.05, 0) is 30.5 Å². The molecule has 1 aromatic carbocycles. The van der Waals surface area contributed by atoms with Crippen LogP contribution in [-0.2, 0) is 4.79 Å². The Hall–Kier alpha value is -2.41. The van der Waals surface area contributed by atoms with E-state index in [0.717, 1.165) is 24.2 Å². The fourth-order valence-electron chi connectivity index (χ4n) is 2.93. The second kappa shape index (κ2) is 7.00. The monoisotopic (exact) mass is 345 g/mol. The standard InChI is InChI=1S/C17H19N3O3S/c1-11(21)18-17-19-14(10-24-17)16(22)20-8-4-7-15(20)12-5-3-6-13(9-12)23-2/h3,5-6,9-10,15H,4,7-8H2,1-2H3,(H,18,19,21)/t15-/m0/s1. The molecule has 1 aliphatic heterocycles. The largest absolute Gasteiger partial charge is 0.497 e. The van der Waals surface area contributed by atoms with Crippen LogP contribution in [0.5, 0.6) is 5.75 Å². The van der Waals surface area contributed by atoms with E-state index in [1.165, 1.54) is 18.3 Å². The first-order chi connectivity index (χ1) is 11.6. The Morgan fingerprint density at radius 1 is 1.42 bits per heavy atom. The number of nitrogens with one attached hydrogen (secondary N) is 1. The highest BCUT2D eigenvalue weighted by molar-refractivity contribution is 7.14. The van der Waals surface area contributed by atoms with Crippen molar-refractivity contribution >= 4 is 28.3 Å². The van der Waals surface area contributed by atoms with Crippen molar-refractivity contribution in [2.24, 2.45) is 0 Å². The van der Waals surface area contributed by atoms with Gasteiger partial charge in [-0.15, -0.1) is 11.3 Å². The number of rotatable bonds is 4. The number of carbonyl (C=O) groups is 2. The molecule has 3 rings (SSSR count). The molecule has 24 heavy (non-hydrogen) atoms. The predicted octanol–water partition coefficient (Wildman–Crippen LogP) is 3.09. The Labute approximate surface area is 144 Å². The third-order valence-corrected chi connectivity index (χ3v) is 4.76. The number of methoxy groups -OCH3 is 1. The summed E-state index contributed by atoms with van der Waals surface area (Å²) < 4.78 is 5.28. The van der Waals surface area contributed by atoms with Crippen LogP contribution < -0.4 is 10.1 Å². The number of aromatic nitrogens is 1. The SMILES string of the molecule is COc1cccc([C@@H]2CCCN2C(=O)c2csc(NC(C)=O)n2)c1. The fraction of sp³-hybridized carbons (Fsp3) is 0.353. The van der Waals surface area contributed by atoms with Crippen molar-refractivity contribution in [2.75, 3.05) is 19.0 Å². The third kappa shape index (κ3) is 3.41. The molecule has 0 aliphatic carbocycles. The summed E-state index contributed by atoms with van der Waals surface area (Å²) in [5, 5.41) is 4.75. The number of carbonyl (C=O) groups excluding carboxylic acids is 2. The van der Waals surface area contributed by atoms with Gasteiger partial charge in [0.1, 0.15) is 11.4 Å². The number of thiazole rings is 1. The zero-order chi connectivity index (χ0) is 17.1. The molecule has 0 saturated carbocycles. The number of anilines is 1. The van der Waals surface area contributed by atoms with Crippen LogP contribution in [0.1, 0.15) is 41.9 Å². The zero-order valence-corrected chi connectivity index (χ0v) is 14.4. The molecule has 7 heteroatoms. The minimum atomic E-state index is -0.196. The van der Waals surface area contributed by atoms with Crippen molar-refractivity contribution in [3.63, 3.8) is 0 Å². The molecule has 0 bridgehead atoms. The molecule has 1 aliphatic rings. The molecule has 0 unspecified atom stereocenters. The highest BCUT2D eigenvalue weighted by Crippen LogP contribution is 2.34. The topological polar surface area (TPSA) is 71.5 Å². The lowest BCUT2D eigenvalue weighted by atomic mass is 10.0. The van der Waals surface area contributed by atoms with Gasteiger partial charge in [0.2, 0.25) is 5.91 Å². The predicted molar refractivity (Wildman–Crippen MR) is 92.4 cm³/mol. The number of benzene rings is 1. The smallest absolute Gasteiger partial charge is 0.273 e. The Morgan fingerprint density at radius 3 is 3.00 bits per heavy atom. The van der Waals surface area contributed by atoms with Crippen molar-refractivity contribution in [3.8, 4) is 5.75 Å². The van der Waals surface area contributed by atoms with E-state index in [0.29, 0.717) is 17.4 Å². The van der Waals surface area contributed by atoms with E-state index < -0.39 is 0 Å².